The molecule has 0 amide bonds. The number of rotatable bonds is 3. The van der Waals surface area contributed by atoms with Crippen LogP contribution in [0.2, 0.25) is 0 Å². The van der Waals surface area contributed by atoms with Gasteiger partial charge in [0.1, 0.15) is 5.82 Å². The van der Waals surface area contributed by atoms with Crippen molar-refractivity contribution in [3.05, 3.63) is 41.0 Å². The van der Waals surface area contributed by atoms with E-state index in [2.05, 4.69) is 33.7 Å². The molecule has 0 fully saturated rings. The van der Waals surface area contributed by atoms with Gasteiger partial charge >= 0.3 is 0 Å². The van der Waals surface area contributed by atoms with Gasteiger partial charge < -0.3 is 15.5 Å². The smallest absolute Gasteiger partial charge is 0.180 e. The molecule has 92 valence electrons. The summed E-state index contributed by atoms with van der Waals surface area (Å²) in [6.45, 7) is 2.09. The third-order valence-corrected chi connectivity index (χ3v) is 3.77. The summed E-state index contributed by atoms with van der Waals surface area (Å²) in [5, 5.41) is 5.41. The number of imidazole rings is 1. The fraction of sp³-hybridized carbons (Fsp3) is 0.167. The van der Waals surface area contributed by atoms with Crippen molar-refractivity contribution in [2.45, 2.75) is 13.0 Å². The number of aromatic nitrogens is 3. The predicted molar refractivity (Wildman–Crippen MR) is 73.8 cm³/mol. The van der Waals surface area contributed by atoms with Crippen molar-refractivity contribution in [2.24, 2.45) is 0 Å². The SMILES string of the molecule is CC(Nc1nc(N)cn2ccnc12)c1cccs1. The fourth-order valence-corrected chi connectivity index (χ4v) is 2.60. The topological polar surface area (TPSA) is 68.2 Å². The van der Waals surface area contributed by atoms with Gasteiger partial charge in [-0.25, -0.2) is 9.97 Å². The summed E-state index contributed by atoms with van der Waals surface area (Å²) in [5.41, 5.74) is 6.57. The number of hydrogen-bond donors (Lipinski definition) is 2. The van der Waals surface area contributed by atoms with E-state index < -0.39 is 0 Å². The van der Waals surface area contributed by atoms with Gasteiger partial charge in [-0.1, -0.05) is 6.07 Å². The van der Waals surface area contributed by atoms with Crippen molar-refractivity contribution in [3.8, 4) is 0 Å². The summed E-state index contributed by atoms with van der Waals surface area (Å²) in [7, 11) is 0. The van der Waals surface area contributed by atoms with Crippen molar-refractivity contribution in [3.63, 3.8) is 0 Å². The molecule has 0 saturated heterocycles. The molecule has 0 spiro atoms. The van der Waals surface area contributed by atoms with Crippen LogP contribution in [0.25, 0.3) is 5.65 Å². The summed E-state index contributed by atoms with van der Waals surface area (Å²) < 4.78 is 1.87. The van der Waals surface area contributed by atoms with Crippen molar-refractivity contribution < 1.29 is 0 Å². The first kappa shape index (κ1) is 11.0. The van der Waals surface area contributed by atoms with Gasteiger partial charge in [-0.05, 0) is 18.4 Å². The second kappa shape index (κ2) is 4.30. The van der Waals surface area contributed by atoms with Crippen molar-refractivity contribution in [1.29, 1.82) is 0 Å². The highest BCUT2D eigenvalue weighted by Crippen LogP contribution is 2.24. The normalized spacial score (nSPS) is 12.7. The van der Waals surface area contributed by atoms with Gasteiger partial charge in [0.15, 0.2) is 11.5 Å². The standard InChI is InChI=1S/C12H13N5S/c1-8(9-3-2-6-18-9)15-11-12-14-4-5-17(12)7-10(13)16-11/h2-8H,13H2,1H3,(H,15,16). The Balaban J connectivity index is 1.97. The minimum atomic E-state index is 0.180. The first-order valence-corrected chi connectivity index (χ1v) is 6.51. The molecule has 3 aromatic heterocycles. The Morgan fingerprint density at radius 3 is 3.17 bits per heavy atom. The zero-order valence-electron chi connectivity index (χ0n) is 9.87. The number of nitrogen functional groups attached to an aromatic ring is 1. The van der Waals surface area contributed by atoms with E-state index in [4.69, 9.17) is 5.73 Å². The van der Waals surface area contributed by atoms with Gasteiger partial charge in [-0.2, -0.15) is 0 Å². The van der Waals surface area contributed by atoms with Crippen molar-refractivity contribution in [2.75, 3.05) is 11.1 Å². The maximum Gasteiger partial charge on any atom is 0.180 e. The van der Waals surface area contributed by atoms with Crippen LogP contribution in [0.1, 0.15) is 17.8 Å². The molecule has 3 rings (SSSR count). The quantitative estimate of drug-likeness (QED) is 0.758. The molecule has 18 heavy (non-hydrogen) atoms. The lowest BCUT2D eigenvalue weighted by molar-refractivity contribution is 0.894. The van der Waals surface area contributed by atoms with E-state index in [-0.39, 0.29) is 6.04 Å². The molecule has 0 radical (unpaired) electrons. The van der Waals surface area contributed by atoms with Crippen molar-refractivity contribution in [1.82, 2.24) is 14.4 Å². The number of anilines is 2. The fourth-order valence-electron chi connectivity index (χ4n) is 1.86. The van der Waals surface area contributed by atoms with E-state index in [9.17, 15) is 0 Å². The Bertz CT molecular complexity index is 658. The number of hydrogen-bond acceptors (Lipinski definition) is 5. The van der Waals surface area contributed by atoms with Crippen LogP contribution < -0.4 is 11.1 Å². The summed E-state index contributed by atoms with van der Waals surface area (Å²) in [6, 6.07) is 4.31. The first-order chi connectivity index (χ1) is 8.74. The second-order valence-electron chi connectivity index (χ2n) is 4.05. The van der Waals surface area contributed by atoms with Gasteiger partial charge in [0.25, 0.3) is 0 Å². The molecule has 3 heterocycles. The second-order valence-corrected chi connectivity index (χ2v) is 5.03. The maximum atomic E-state index is 5.78. The van der Waals surface area contributed by atoms with E-state index in [1.165, 1.54) is 4.88 Å². The lowest BCUT2D eigenvalue weighted by atomic mass is 10.3. The number of nitrogens with zero attached hydrogens (tertiary/aromatic N) is 3. The van der Waals surface area contributed by atoms with Crippen LogP contribution in [0.3, 0.4) is 0 Å². The monoisotopic (exact) mass is 259 g/mol. The molecule has 3 aromatic rings. The van der Waals surface area contributed by atoms with Gasteiger partial charge in [0.05, 0.1) is 12.2 Å². The van der Waals surface area contributed by atoms with Crippen LogP contribution in [-0.2, 0) is 0 Å². The molecule has 5 nitrogen and oxygen atoms in total. The van der Waals surface area contributed by atoms with Crippen LogP contribution in [-0.4, -0.2) is 14.4 Å². The average molecular weight is 259 g/mol. The van der Waals surface area contributed by atoms with Crippen LogP contribution in [0.4, 0.5) is 11.6 Å². The molecule has 1 unspecified atom stereocenters. The molecule has 3 N–H and O–H groups in total. The molecule has 0 aliphatic carbocycles. The van der Waals surface area contributed by atoms with Gasteiger partial charge in [0.2, 0.25) is 0 Å². The summed E-state index contributed by atoms with van der Waals surface area (Å²) in [5.74, 6) is 1.18. The van der Waals surface area contributed by atoms with Crippen LogP contribution >= 0.6 is 11.3 Å². The van der Waals surface area contributed by atoms with Crippen LogP contribution in [0.15, 0.2) is 36.1 Å². The highest BCUT2D eigenvalue weighted by molar-refractivity contribution is 7.10. The van der Waals surface area contributed by atoms with E-state index >= 15 is 0 Å². The average Bonchev–Trinajstić information content (AvgIpc) is 2.98. The minimum Gasteiger partial charge on any atom is -0.382 e. The van der Waals surface area contributed by atoms with Crippen LogP contribution in [0, 0.1) is 0 Å². The number of nitrogens with one attached hydrogen (secondary N) is 1. The number of nitrogens with two attached hydrogens (primary N) is 1. The molecular formula is C12H13N5S. The Kier molecular flexibility index (Phi) is 2.64. The van der Waals surface area contributed by atoms with Crippen molar-refractivity contribution >= 4 is 28.6 Å². The molecule has 0 saturated carbocycles. The molecule has 1 atom stereocenters. The lowest BCUT2D eigenvalue weighted by Gasteiger charge is -2.13. The first-order valence-electron chi connectivity index (χ1n) is 5.63. The maximum absolute atomic E-state index is 5.78. The lowest BCUT2D eigenvalue weighted by Crippen LogP contribution is -2.09. The Morgan fingerprint density at radius 2 is 2.39 bits per heavy atom. The van der Waals surface area contributed by atoms with Gasteiger partial charge in [0, 0.05) is 17.3 Å². The zero-order chi connectivity index (χ0) is 12.5. The molecule has 0 aliphatic heterocycles. The predicted octanol–water partition coefficient (Wildman–Crippen LogP) is 2.55. The third kappa shape index (κ3) is 1.91. The minimum absolute atomic E-state index is 0.180. The highest BCUT2D eigenvalue weighted by atomic mass is 32.1. The Labute approximate surface area is 108 Å². The molecular weight excluding hydrogens is 246 g/mol. The van der Waals surface area contributed by atoms with Gasteiger partial charge in [-0.15, -0.1) is 11.3 Å². The highest BCUT2D eigenvalue weighted by Gasteiger charge is 2.11. The van der Waals surface area contributed by atoms with E-state index in [0.717, 1.165) is 5.65 Å². The summed E-state index contributed by atoms with van der Waals surface area (Å²) >= 11 is 1.71. The Morgan fingerprint density at radius 1 is 1.50 bits per heavy atom. The summed E-state index contributed by atoms with van der Waals surface area (Å²) in [4.78, 5) is 9.84. The number of fused-ring (bicyclic) bond motifs is 1. The molecule has 6 heteroatoms. The van der Waals surface area contributed by atoms with Gasteiger partial charge in [-0.3, -0.25) is 0 Å². The third-order valence-electron chi connectivity index (χ3n) is 2.72. The largest absolute Gasteiger partial charge is 0.382 e. The van der Waals surface area contributed by atoms with E-state index in [0.29, 0.717) is 11.6 Å². The van der Waals surface area contributed by atoms with Crippen LogP contribution in [0.5, 0.6) is 0 Å². The Hall–Kier alpha value is -2.08. The van der Waals surface area contributed by atoms with E-state index in [1.54, 1.807) is 23.7 Å². The zero-order valence-corrected chi connectivity index (χ0v) is 10.7. The van der Waals surface area contributed by atoms with E-state index in [1.807, 2.05) is 16.7 Å². The number of thiophene rings is 1. The molecule has 0 aromatic carbocycles. The molecule has 0 bridgehead atoms. The molecule has 0 aliphatic rings. The summed E-state index contributed by atoms with van der Waals surface area (Å²) in [6.07, 6.45) is 5.34.